The minimum absolute atomic E-state index is 0.235. The Morgan fingerprint density at radius 3 is 2.00 bits per heavy atom. The van der Waals surface area contributed by atoms with Gasteiger partial charge in [-0.05, 0) is 11.5 Å². The maximum Gasteiger partial charge on any atom is 0.218 e. The lowest BCUT2D eigenvalue weighted by Crippen LogP contribution is -2.05. The zero-order valence-electron chi connectivity index (χ0n) is 12.9. The molecule has 22 heavy (non-hydrogen) atoms. The molecule has 1 N–H and O–H groups in total. The van der Waals surface area contributed by atoms with Crippen LogP contribution < -0.4 is 0 Å². The van der Waals surface area contributed by atoms with Crippen molar-refractivity contribution in [2.24, 2.45) is 5.92 Å². The Morgan fingerprint density at radius 2 is 1.45 bits per heavy atom. The van der Waals surface area contributed by atoms with Gasteiger partial charge in [0.2, 0.25) is 5.88 Å². The average Bonchev–Trinajstić information content (AvgIpc) is 2.85. The summed E-state index contributed by atoms with van der Waals surface area (Å²) in [6.07, 6.45) is 0. The Hall–Kier alpha value is -2.55. The zero-order chi connectivity index (χ0) is 15.5. The van der Waals surface area contributed by atoms with Gasteiger partial charge in [-0.1, -0.05) is 74.5 Å². The lowest BCUT2D eigenvalue weighted by molar-refractivity contribution is 0.373. The summed E-state index contributed by atoms with van der Waals surface area (Å²) >= 11 is 0. The second kappa shape index (κ2) is 6.06. The summed E-state index contributed by atoms with van der Waals surface area (Å²) in [5.41, 5.74) is 3.62. The van der Waals surface area contributed by atoms with Crippen molar-refractivity contribution >= 4 is 0 Å². The summed E-state index contributed by atoms with van der Waals surface area (Å²) in [6.45, 7) is 4.93. The van der Waals surface area contributed by atoms with E-state index in [1.54, 1.807) is 4.68 Å². The van der Waals surface area contributed by atoms with Gasteiger partial charge in [0.15, 0.2) is 0 Å². The second-order valence-corrected chi connectivity index (χ2v) is 5.86. The van der Waals surface area contributed by atoms with E-state index < -0.39 is 0 Å². The molecule has 0 aliphatic carbocycles. The smallest absolute Gasteiger partial charge is 0.218 e. The fourth-order valence-corrected chi connectivity index (χ4v) is 2.59. The van der Waals surface area contributed by atoms with E-state index in [0.717, 1.165) is 22.4 Å². The van der Waals surface area contributed by atoms with Gasteiger partial charge in [0, 0.05) is 12.1 Å². The number of nitrogens with zero attached hydrogens (tertiary/aromatic N) is 2. The highest BCUT2D eigenvalue weighted by atomic mass is 16.3. The number of aromatic hydroxyl groups is 1. The Balaban J connectivity index is 2.19. The third-order valence-electron chi connectivity index (χ3n) is 3.57. The average molecular weight is 292 g/mol. The van der Waals surface area contributed by atoms with E-state index in [1.807, 2.05) is 60.7 Å². The first-order valence-corrected chi connectivity index (χ1v) is 7.57. The number of aromatic nitrogens is 2. The predicted octanol–water partition coefficient (Wildman–Crippen LogP) is 4.58. The van der Waals surface area contributed by atoms with E-state index in [-0.39, 0.29) is 5.88 Å². The number of hydrogen-bond donors (Lipinski definition) is 1. The molecule has 0 amide bonds. The van der Waals surface area contributed by atoms with Crippen LogP contribution in [0.5, 0.6) is 5.88 Å². The van der Waals surface area contributed by atoms with Crippen LogP contribution >= 0.6 is 0 Å². The molecule has 0 atom stereocenters. The van der Waals surface area contributed by atoms with Crippen molar-refractivity contribution in [2.75, 3.05) is 0 Å². The van der Waals surface area contributed by atoms with Gasteiger partial charge >= 0.3 is 0 Å². The molecular weight excluding hydrogens is 272 g/mol. The lowest BCUT2D eigenvalue weighted by Gasteiger charge is -2.06. The summed E-state index contributed by atoms with van der Waals surface area (Å²) < 4.78 is 1.70. The van der Waals surface area contributed by atoms with Crippen LogP contribution in [0.3, 0.4) is 0 Å². The summed E-state index contributed by atoms with van der Waals surface area (Å²) in [7, 11) is 0. The van der Waals surface area contributed by atoms with E-state index >= 15 is 0 Å². The van der Waals surface area contributed by atoms with Gasteiger partial charge in [0.1, 0.15) is 5.69 Å². The van der Waals surface area contributed by atoms with Crippen LogP contribution in [0.25, 0.3) is 22.4 Å². The van der Waals surface area contributed by atoms with Gasteiger partial charge in [-0.15, -0.1) is 0 Å². The van der Waals surface area contributed by atoms with E-state index in [0.29, 0.717) is 12.5 Å². The van der Waals surface area contributed by atoms with Gasteiger partial charge in [-0.3, -0.25) is 0 Å². The molecule has 0 saturated carbocycles. The molecule has 0 aliphatic rings. The molecule has 1 heterocycles. The second-order valence-electron chi connectivity index (χ2n) is 5.86. The molecule has 3 aromatic rings. The maximum atomic E-state index is 10.7. The number of benzene rings is 2. The predicted molar refractivity (Wildman–Crippen MR) is 89.6 cm³/mol. The molecule has 1 aromatic heterocycles. The summed E-state index contributed by atoms with van der Waals surface area (Å²) in [5, 5.41) is 15.3. The Bertz CT molecular complexity index is 746. The van der Waals surface area contributed by atoms with Crippen molar-refractivity contribution in [1.29, 1.82) is 0 Å². The largest absolute Gasteiger partial charge is 0.493 e. The fraction of sp³-hybridized carbons (Fsp3) is 0.211. The summed E-state index contributed by atoms with van der Waals surface area (Å²) in [5.74, 6) is 0.650. The number of rotatable bonds is 4. The topological polar surface area (TPSA) is 38.0 Å². The van der Waals surface area contributed by atoms with Crippen LogP contribution in [-0.2, 0) is 6.54 Å². The highest BCUT2D eigenvalue weighted by Crippen LogP contribution is 2.38. The van der Waals surface area contributed by atoms with Crippen molar-refractivity contribution in [3.8, 4) is 28.3 Å². The van der Waals surface area contributed by atoms with Crippen LogP contribution in [-0.4, -0.2) is 14.9 Å². The first kappa shape index (κ1) is 14.4. The summed E-state index contributed by atoms with van der Waals surface area (Å²) in [6, 6.07) is 19.9. The van der Waals surface area contributed by atoms with Crippen molar-refractivity contribution in [2.45, 2.75) is 20.4 Å². The molecule has 0 spiro atoms. The quantitative estimate of drug-likeness (QED) is 0.764. The normalized spacial score (nSPS) is 11.0. The van der Waals surface area contributed by atoms with E-state index in [9.17, 15) is 5.11 Å². The van der Waals surface area contributed by atoms with Crippen molar-refractivity contribution < 1.29 is 5.11 Å². The molecule has 0 radical (unpaired) electrons. The third kappa shape index (κ3) is 2.75. The molecule has 0 aliphatic heterocycles. The molecule has 0 saturated heterocycles. The van der Waals surface area contributed by atoms with Gasteiger partial charge in [-0.2, -0.15) is 5.10 Å². The SMILES string of the molecule is CC(C)Cn1nc(-c2ccccc2)c(-c2ccccc2)c1O. The van der Waals surface area contributed by atoms with Crippen molar-refractivity contribution in [3.05, 3.63) is 60.7 Å². The molecular formula is C19H20N2O. The van der Waals surface area contributed by atoms with Gasteiger partial charge < -0.3 is 5.11 Å². The van der Waals surface area contributed by atoms with Crippen LogP contribution in [0.15, 0.2) is 60.7 Å². The molecule has 112 valence electrons. The minimum atomic E-state index is 0.235. The monoisotopic (exact) mass is 292 g/mol. The highest BCUT2D eigenvalue weighted by molar-refractivity contribution is 5.84. The lowest BCUT2D eigenvalue weighted by atomic mass is 10.0. The Morgan fingerprint density at radius 1 is 0.909 bits per heavy atom. The molecule has 3 nitrogen and oxygen atoms in total. The highest BCUT2D eigenvalue weighted by Gasteiger charge is 2.20. The maximum absolute atomic E-state index is 10.7. The van der Waals surface area contributed by atoms with Crippen LogP contribution in [0.1, 0.15) is 13.8 Å². The van der Waals surface area contributed by atoms with E-state index in [4.69, 9.17) is 0 Å². The zero-order valence-corrected chi connectivity index (χ0v) is 12.9. The molecule has 0 unspecified atom stereocenters. The molecule has 2 aromatic carbocycles. The van der Waals surface area contributed by atoms with Crippen LogP contribution in [0, 0.1) is 5.92 Å². The van der Waals surface area contributed by atoms with Crippen LogP contribution in [0.2, 0.25) is 0 Å². The molecule has 3 rings (SSSR count). The van der Waals surface area contributed by atoms with Crippen molar-refractivity contribution in [3.63, 3.8) is 0 Å². The molecule has 0 fully saturated rings. The molecule has 0 bridgehead atoms. The first-order chi connectivity index (χ1) is 10.7. The minimum Gasteiger partial charge on any atom is -0.493 e. The van der Waals surface area contributed by atoms with Crippen molar-refractivity contribution in [1.82, 2.24) is 9.78 Å². The Kier molecular flexibility index (Phi) is 3.96. The van der Waals surface area contributed by atoms with Crippen LogP contribution in [0.4, 0.5) is 0 Å². The van der Waals surface area contributed by atoms with Gasteiger partial charge in [-0.25, -0.2) is 4.68 Å². The first-order valence-electron chi connectivity index (χ1n) is 7.57. The molecule has 3 heteroatoms. The van der Waals surface area contributed by atoms with Gasteiger partial charge in [0.25, 0.3) is 0 Å². The fourth-order valence-electron chi connectivity index (χ4n) is 2.59. The number of hydrogen-bond acceptors (Lipinski definition) is 2. The summed E-state index contributed by atoms with van der Waals surface area (Å²) in [4.78, 5) is 0. The van der Waals surface area contributed by atoms with Gasteiger partial charge in [0.05, 0.1) is 5.56 Å². The Labute approximate surface area is 130 Å². The van der Waals surface area contributed by atoms with E-state index in [1.165, 1.54) is 0 Å². The third-order valence-corrected chi connectivity index (χ3v) is 3.57. The van der Waals surface area contributed by atoms with E-state index in [2.05, 4.69) is 18.9 Å². The standard InChI is InChI=1S/C19H20N2O/c1-14(2)13-21-19(22)17(15-9-5-3-6-10-15)18(20-21)16-11-7-4-8-12-16/h3-12,14,22H,13H2,1-2H3.